The van der Waals surface area contributed by atoms with Crippen molar-refractivity contribution in [2.75, 3.05) is 51.4 Å². The van der Waals surface area contributed by atoms with Gasteiger partial charge in [0, 0.05) is 38.4 Å². The van der Waals surface area contributed by atoms with Gasteiger partial charge >= 0.3 is 0 Å². The predicted molar refractivity (Wildman–Crippen MR) is 73.0 cm³/mol. The van der Waals surface area contributed by atoms with E-state index < -0.39 is 0 Å². The third kappa shape index (κ3) is 2.70. The molecule has 0 saturated carbocycles. The van der Waals surface area contributed by atoms with Crippen molar-refractivity contribution in [1.29, 1.82) is 0 Å². The Morgan fingerprint density at radius 3 is 2.75 bits per heavy atom. The molecule has 0 radical (unpaired) electrons. The normalized spacial score (nSPS) is 27.8. The molecule has 0 spiro atoms. The van der Waals surface area contributed by atoms with E-state index in [4.69, 9.17) is 9.47 Å². The smallest absolute Gasteiger partial charge is 0.228 e. The first-order valence-corrected chi connectivity index (χ1v) is 6.90. The third-order valence-corrected chi connectivity index (χ3v) is 3.91. The van der Waals surface area contributed by atoms with E-state index in [9.17, 15) is 5.11 Å². The lowest BCUT2D eigenvalue weighted by Gasteiger charge is -2.38. The molecule has 2 fully saturated rings. The van der Waals surface area contributed by atoms with Crippen LogP contribution in [0.25, 0.3) is 0 Å². The zero-order chi connectivity index (χ0) is 13.9. The van der Waals surface area contributed by atoms with Crippen LogP contribution in [0.4, 0.5) is 5.95 Å². The molecule has 7 heteroatoms. The monoisotopic (exact) mass is 280 g/mol. The Morgan fingerprint density at radius 2 is 2.10 bits per heavy atom. The first-order valence-electron chi connectivity index (χ1n) is 6.90. The first-order chi connectivity index (χ1) is 9.78. The molecule has 20 heavy (non-hydrogen) atoms. The molecule has 0 aliphatic carbocycles. The zero-order valence-corrected chi connectivity index (χ0v) is 11.6. The number of rotatable bonds is 3. The lowest BCUT2D eigenvalue weighted by Crippen LogP contribution is -2.53. The minimum Gasteiger partial charge on any atom is -0.481 e. The van der Waals surface area contributed by atoms with E-state index in [1.807, 2.05) is 0 Å². The Hall–Kier alpha value is -1.44. The summed E-state index contributed by atoms with van der Waals surface area (Å²) in [7, 11) is 1.60. The summed E-state index contributed by atoms with van der Waals surface area (Å²) in [5, 5.41) is 9.87. The number of hydrogen-bond donors (Lipinski definition) is 1. The Balaban J connectivity index is 1.60. The summed E-state index contributed by atoms with van der Waals surface area (Å²) < 4.78 is 10.4. The minimum atomic E-state index is -0.366. The van der Waals surface area contributed by atoms with Gasteiger partial charge in [0.05, 0.1) is 32.5 Å². The number of piperazine rings is 1. The van der Waals surface area contributed by atoms with Crippen molar-refractivity contribution in [2.24, 2.45) is 0 Å². The number of anilines is 1. The Kier molecular flexibility index (Phi) is 4.00. The van der Waals surface area contributed by atoms with E-state index in [-0.39, 0.29) is 12.1 Å². The van der Waals surface area contributed by atoms with Gasteiger partial charge in [-0.2, -0.15) is 4.98 Å². The van der Waals surface area contributed by atoms with Crippen molar-refractivity contribution in [3.05, 3.63) is 12.3 Å². The highest BCUT2D eigenvalue weighted by atomic mass is 16.5. The molecular weight excluding hydrogens is 260 g/mol. The molecule has 3 heterocycles. The molecular formula is C13H20N4O3. The summed E-state index contributed by atoms with van der Waals surface area (Å²) in [6.45, 7) is 4.52. The molecule has 1 aromatic rings. The van der Waals surface area contributed by atoms with Gasteiger partial charge in [0.15, 0.2) is 0 Å². The highest BCUT2D eigenvalue weighted by Crippen LogP contribution is 2.18. The van der Waals surface area contributed by atoms with Gasteiger partial charge in [0.1, 0.15) is 0 Å². The fourth-order valence-electron chi connectivity index (χ4n) is 2.73. The quantitative estimate of drug-likeness (QED) is 0.790. The molecule has 2 saturated heterocycles. The fraction of sp³-hybridized carbons (Fsp3) is 0.692. The van der Waals surface area contributed by atoms with Crippen molar-refractivity contribution >= 4 is 5.95 Å². The summed E-state index contributed by atoms with van der Waals surface area (Å²) in [4.78, 5) is 13.1. The van der Waals surface area contributed by atoms with Crippen molar-refractivity contribution in [2.45, 2.75) is 12.1 Å². The fourth-order valence-corrected chi connectivity index (χ4v) is 2.73. The highest BCUT2D eigenvalue weighted by Gasteiger charge is 2.33. The van der Waals surface area contributed by atoms with Gasteiger partial charge in [-0.1, -0.05) is 0 Å². The second-order valence-corrected chi connectivity index (χ2v) is 5.09. The molecule has 2 unspecified atom stereocenters. The molecule has 7 nitrogen and oxygen atoms in total. The summed E-state index contributed by atoms with van der Waals surface area (Å²) in [5.41, 5.74) is 0. The van der Waals surface area contributed by atoms with E-state index >= 15 is 0 Å². The molecule has 2 aliphatic heterocycles. The molecule has 110 valence electrons. The second kappa shape index (κ2) is 5.90. The second-order valence-electron chi connectivity index (χ2n) is 5.09. The molecule has 2 aliphatic rings. The van der Waals surface area contributed by atoms with Crippen molar-refractivity contribution in [3.63, 3.8) is 0 Å². The van der Waals surface area contributed by atoms with Crippen LogP contribution in [0.5, 0.6) is 5.88 Å². The number of methoxy groups -OCH3 is 1. The van der Waals surface area contributed by atoms with Gasteiger partial charge < -0.3 is 19.5 Å². The molecule has 2 atom stereocenters. The van der Waals surface area contributed by atoms with Crippen LogP contribution in [0.3, 0.4) is 0 Å². The van der Waals surface area contributed by atoms with Gasteiger partial charge in [-0.25, -0.2) is 4.98 Å². The zero-order valence-electron chi connectivity index (χ0n) is 11.6. The van der Waals surface area contributed by atoms with Crippen LogP contribution in [0, 0.1) is 0 Å². The Bertz CT molecular complexity index is 451. The van der Waals surface area contributed by atoms with Gasteiger partial charge in [-0.05, 0) is 0 Å². The largest absolute Gasteiger partial charge is 0.481 e. The molecule has 1 N–H and O–H groups in total. The van der Waals surface area contributed by atoms with Crippen LogP contribution >= 0.6 is 0 Å². The van der Waals surface area contributed by atoms with E-state index in [0.29, 0.717) is 25.0 Å². The van der Waals surface area contributed by atoms with Crippen LogP contribution in [-0.4, -0.2) is 78.6 Å². The summed E-state index contributed by atoms with van der Waals surface area (Å²) >= 11 is 0. The summed E-state index contributed by atoms with van der Waals surface area (Å²) in [5.74, 6) is 1.28. The maximum absolute atomic E-state index is 9.87. The molecule has 0 aromatic carbocycles. The average Bonchev–Trinajstić information content (AvgIpc) is 2.94. The Labute approximate surface area is 118 Å². The van der Waals surface area contributed by atoms with Gasteiger partial charge in [0.2, 0.25) is 11.8 Å². The minimum absolute atomic E-state index is 0.128. The predicted octanol–water partition coefficient (Wildman–Crippen LogP) is -0.633. The standard InChI is InChI=1S/C13H20N4O3/c1-19-12-2-3-14-13(15-12)17-6-4-16(5-7-17)10-8-20-9-11(10)18/h2-3,10-11,18H,4-9H2,1H3. The van der Waals surface area contributed by atoms with Crippen LogP contribution in [0.1, 0.15) is 0 Å². The lowest BCUT2D eigenvalue weighted by atomic mass is 10.1. The van der Waals surface area contributed by atoms with E-state index in [0.717, 1.165) is 26.2 Å². The van der Waals surface area contributed by atoms with Crippen LogP contribution in [-0.2, 0) is 4.74 Å². The Morgan fingerprint density at radius 1 is 1.30 bits per heavy atom. The molecule has 0 bridgehead atoms. The average molecular weight is 280 g/mol. The van der Waals surface area contributed by atoms with Crippen LogP contribution < -0.4 is 9.64 Å². The van der Waals surface area contributed by atoms with Crippen molar-refractivity contribution < 1.29 is 14.6 Å². The highest BCUT2D eigenvalue weighted by molar-refractivity contribution is 5.32. The summed E-state index contributed by atoms with van der Waals surface area (Å²) in [6, 6.07) is 1.87. The summed E-state index contributed by atoms with van der Waals surface area (Å²) in [6.07, 6.45) is 1.34. The van der Waals surface area contributed by atoms with Gasteiger partial charge in [-0.15, -0.1) is 0 Å². The van der Waals surface area contributed by atoms with Crippen LogP contribution in [0.15, 0.2) is 12.3 Å². The number of nitrogens with zero attached hydrogens (tertiary/aromatic N) is 4. The molecule has 0 amide bonds. The van der Waals surface area contributed by atoms with E-state index in [2.05, 4.69) is 19.8 Å². The van der Waals surface area contributed by atoms with Gasteiger partial charge in [0.25, 0.3) is 0 Å². The maximum Gasteiger partial charge on any atom is 0.228 e. The maximum atomic E-state index is 9.87. The number of ether oxygens (including phenoxy) is 2. The van der Waals surface area contributed by atoms with E-state index in [1.165, 1.54) is 0 Å². The third-order valence-electron chi connectivity index (χ3n) is 3.91. The number of hydrogen-bond acceptors (Lipinski definition) is 7. The molecule has 3 rings (SSSR count). The van der Waals surface area contributed by atoms with Crippen molar-refractivity contribution in [3.8, 4) is 5.88 Å². The number of aliphatic hydroxyl groups excluding tert-OH is 1. The van der Waals surface area contributed by atoms with E-state index in [1.54, 1.807) is 19.4 Å². The molecule has 1 aromatic heterocycles. The topological polar surface area (TPSA) is 71.0 Å². The lowest BCUT2D eigenvalue weighted by molar-refractivity contribution is 0.0783. The SMILES string of the molecule is COc1ccnc(N2CCN(C3COCC3O)CC2)n1. The van der Waals surface area contributed by atoms with Gasteiger partial charge in [-0.3, -0.25) is 4.90 Å². The first kappa shape index (κ1) is 13.5. The number of aromatic nitrogens is 2. The number of aliphatic hydroxyl groups is 1. The van der Waals surface area contributed by atoms with Crippen molar-refractivity contribution in [1.82, 2.24) is 14.9 Å². The van der Waals surface area contributed by atoms with Crippen LogP contribution in [0.2, 0.25) is 0 Å².